The Morgan fingerprint density at radius 3 is 2.95 bits per heavy atom. The molecular formula is C12H16ClN3O3. The predicted molar refractivity (Wildman–Crippen MR) is 70.8 cm³/mol. The minimum Gasteiger partial charge on any atom is -0.378 e. The maximum absolute atomic E-state index is 11.0. The second-order valence-electron chi connectivity index (χ2n) is 4.49. The molecule has 1 N–H and O–H groups in total. The van der Waals surface area contributed by atoms with Crippen molar-refractivity contribution >= 4 is 23.7 Å². The van der Waals surface area contributed by atoms with Crippen LogP contribution < -0.4 is 5.32 Å². The van der Waals surface area contributed by atoms with Gasteiger partial charge in [-0.1, -0.05) is 11.6 Å². The van der Waals surface area contributed by atoms with Crippen molar-refractivity contribution in [2.45, 2.75) is 18.9 Å². The van der Waals surface area contributed by atoms with E-state index in [9.17, 15) is 4.79 Å². The number of halogens is 1. The summed E-state index contributed by atoms with van der Waals surface area (Å²) in [4.78, 5) is 19.2. The normalized spacial score (nSPS) is 22.5. The lowest BCUT2D eigenvalue weighted by molar-refractivity contribution is -0.00626. The van der Waals surface area contributed by atoms with Gasteiger partial charge in [-0.2, -0.15) is 0 Å². The molecule has 0 aromatic carbocycles. The number of methoxy groups -OCH3 is 1. The number of hydrogen-bond acceptors (Lipinski definition) is 6. The van der Waals surface area contributed by atoms with Crippen molar-refractivity contribution in [3.63, 3.8) is 0 Å². The van der Waals surface area contributed by atoms with E-state index >= 15 is 0 Å². The molecule has 2 heterocycles. The molecule has 7 heteroatoms. The van der Waals surface area contributed by atoms with Crippen molar-refractivity contribution in [2.75, 3.05) is 32.2 Å². The molecule has 0 saturated carbocycles. The molecule has 1 saturated heterocycles. The van der Waals surface area contributed by atoms with E-state index in [2.05, 4.69) is 15.3 Å². The Morgan fingerprint density at radius 2 is 2.37 bits per heavy atom. The molecule has 0 radical (unpaired) electrons. The lowest BCUT2D eigenvalue weighted by Crippen LogP contribution is -2.40. The molecule has 1 aromatic heterocycles. The first-order valence-electron chi connectivity index (χ1n) is 5.96. The fraction of sp³-hybridized carbons (Fsp3) is 0.583. The fourth-order valence-electron chi connectivity index (χ4n) is 1.99. The van der Waals surface area contributed by atoms with Crippen LogP contribution in [0, 0.1) is 6.92 Å². The summed E-state index contributed by atoms with van der Waals surface area (Å²) in [7, 11) is 1.65. The van der Waals surface area contributed by atoms with Crippen LogP contribution in [0.1, 0.15) is 22.6 Å². The standard InChI is InChI=1S/C12H16ClN3O3/c1-8-15-10(13)9(5-17)11(16-8)14-6-12(18-2)3-4-19-7-12/h5H,3-4,6-7H2,1-2H3,(H,14,15,16). The molecule has 1 atom stereocenters. The van der Waals surface area contributed by atoms with Crippen molar-refractivity contribution in [3.8, 4) is 0 Å². The molecule has 0 aliphatic carbocycles. The maximum Gasteiger partial charge on any atom is 0.156 e. The molecule has 1 aliphatic rings. The van der Waals surface area contributed by atoms with Crippen LogP contribution in [0.15, 0.2) is 0 Å². The van der Waals surface area contributed by atoms with Crippen LogP contribution in [-0.4, -0.2) is 48.7 Å². The molecular weight excluding hydrogens is 270 g/mol. The Morgan fingerprint density at radius 1 is 1.58 bits per heavy atom. The van der Waals surface area contributed by atoms with Crippen molar-refractivity contribution in [2.24, 2.45) is 0 Å². The fourth-order valence-corrected chi connectivity index (χ4v) is 2.25. The highest BCUT2D eigenvalue weighted by atomic mass is 35.5. The Hall–Kier alpha value is -1.24. The molecule has 6 nitrogen and oxygen atoms in total. The molecule has 104 valence electrons. The predicted octanol–water partition coefficient (Wildman–Crippen LogP) is 1.47. The van der Waals surface area contributed by atoms with Gasteiger partial charge in [0.1, 0.15) is 22.4 Å². The average Bonchev–Trinajstić information content (AvgIpc) is 2.85. The second-order valence-corrected chi connectivity index (χ2v) is 4.84. The summed E-state index contributed by atoms with van der Waals surface area (Å²) in [6.45, 7) is 3.40. The molecule has 0 spiro atoms. The first-order chi connectivity index (χ1) is 9.10. The first-order valence-corrected chi connectivity index (χ1v) is 6.34. The molecule has 1 aromatic rings. The van der Waals surface area contributed by atoms with E-state index in [1.165, 1.54) is 0 Å². The van der Waals surface area contributed by atoms with Gasteiger partial charge >= 0.3 is 0 Å². The monoisotopic (exact) mass is 285 g/mol. The van der Waals surface area contributed by atoms with Crippen LogP contribution in [0.4, 0.5) is 5.82 Å². The second kappa shape index (κ2) is 5.81. The largest absolute Gasteiger partial charge is 0.378 e. The molecule has 1 aliphatic heterocycles. The topological polar surface area (TPSA) is 73.3 Å². The van der Waals surface area contributed by atoms with Crippen LogP contribution in [-0.2, 0) is 9.47 Å². The Balaban J connectivity index is 2.17. The van der Waals surface area contributed by atoms with Crippen LogP contribution in [0.2, 0.25) is 5.15 Å². The lowest BCUT2D eigenvalue weighted by Gasteiger charge is -2.26. The molecule has 0 amide bonds. The average molecular weight is 286 g/mol. The van der Waals surface area contributed by atoms with Gasteiger partial charge in [0.05, 0.1) is 12.2 Å². The van der Waals surface area contributed by atoms with E-state index in [0.717, 1.165) is 6.42 Å². The summed E-state index contributed by atoms with van der Waals surface area (Å²) >= 11 is 5.92. The summed E-state index contributed by atoms with van der Waals surface area (Å²) < 4.78 is 10.9. The van der Waals surface area contributed by atoms with Gasteiger partial charge in [0.25, 0.3) is 0 Å². The number of rotatable bonds is 5. The third kappa shape index (κ3) is 3.02. The summed E-state index contributed by atoms with van der Waals surface area (Å²) in [5, 5.41) is 3.26. The third-order valence-electron chi connectivity index (χ3n) is 3.21. The number of carbonyl (C=O) groups excluding carboxylic acids is 1. The number of hydrogen-bond donors (Lipinski definition) is 1. The SMILES string of the molecule is COC1(CNc2nc(C)nc(Cl)c2C=O)CCOC1. The minimum absolute atomic E-state index is 0.152. The van der Waals surface area contributed by atoms with Gasteiger partial charge in [0.2, 0.25) is 0 Å². The van der Waals surface area contributed by atoms with Gasteiger partial charge in [-0.05, 0) is 6.92 Å². The summed E-state index contributed by atoms with van der Waals surface area (Å²) in [5.74, 6) is 0.933. The molecule has 0 bridgehead atoms. The number of aldehydes is 1. The quantitative estimate of drug-likeness (QED) is 0.652. The molecule has 1 unspecified atom stereocenters. The van der Waals surface area contributed by atoms with Crippen molar-refractivity contribution in [1.82, 2.24) is 9.97 Å². The summed E-state index contributed by atoms with van der Waals surface area (Å²) in [5.41, 5.74) is -0.122. The number of carbonyl (C=O) groups is 1. The van der Waals surface area contributed by atoms with E-state index in [0.29, 0.717) is 37.7 Å². The summed E-state index contributed by atoms with van der Waals surface area (Å²) in [6.07, 6.45) is 1.44. The van der Waals surface area contributed by atoms with Crippen LogP contribution >= 0.6 is 11.6 Å². The number of nitrogens with zero attached hydrogens (tertiary/aromatic N) is 2. The van der Waals surface area contributed by atoms with Crippen LogP contribution in [0.25, 0.3) is 0 Å². The van der Waals surface area contributed by atoms with E-state index < -0.39 is 0 Å². The number of aromatic nitrogens is 2. The highest BCUT2D eigenvalue weighted by Gasteiger charge is 2.35. The summed E-state index contributed by atoms with van der Waals surface area (Å²) in [6, 6.07) is 0. The number of ether oxygens (including phenoxy) is 2. The van der Waals surface area contributed by atoms with Gasteiger partial charge < -0.3 is 14.8 Å². The highest BCUT2D eigenvalue weighted by Crippen LogP contribution is 2.25. The highest BCUT2D eigenvalue weighted by molar-refractivity contribution is 6.32. The van der Waals surface area contributed by atoms with Gasteiger partial charge in [-0.3, -0.25) is 4.79 Å². The lowest BCUT2D eigenvalue weighted by atomic mass is 10.0. The number of anilines is 1. The molecule has 1 fully saturated rings. The van der Waals surface area contributed by atoms with Crippen molar-refractivity contribution < 1.29 is 14.3 Å². The third-order valence-corrected chi connectivity index (χ3v) is 3.50. The van der Waals surface area contributed by atoms with Gasteiger partial charge in [-0.25, -0.2) is 9.97 Å². The molecule has 19 heavy (non-hydrogen) atoms. The first kappa shape index (κ1) is 14.2. The van der Waals surface area contributed by atoms with Crippen LogP contribution in [0.3, 0.4) is 0 Å². The zero-order valence-electron chi connectivity index (χ0n) is 10.9. The van der Waals surface area contributed by atoms with E-state index in [4.69, 9.17) is 21.1 Å². The van der Waals surface area contributed by atoms with E-state index in [1.807, 2.05) is 0 Å². The maximum atomic E-state index is 11.0. The van der Waals surface area contributed by atoms with Gasteiger partial charge in [0.15, 0.2) is 6.29 Å². The van der Waals surface area contributed by atoms with Crippen molar-refractivity contribution in [1.29, 1.82) is 0 Å². The zero-order valence-corrected chi connectivity index (χ0v) is 11.7. The minimum atomic E-state index is -0.383. The van der Waals surface area contributed by atoms with Crippen molar-refractivity contribution in [3.05, 3.63) is 16.5 Å². The Bertz CT molecular complexity index is 476. The number of nitrogens with one attached hydrogen (secondary N) is 1. The van der Waals surface area contributed by atoms with Gasteiger partial charge in [-0.15, -0.1) is 0 Å². The smallest absolute Gasteiger partial charge is 0.156 e. The van der Waals surface area contributed by atoms with Crippen LogP contribution in [0.5, 0.6) is 0 Å². The van der Waals surface area contributed by atoms with Gasteiger partial charge in [0, 0.05) is 26.7 Å². The zero-order chi connectivity index (χ0) is 13.9. The van der Waals surface area contributed by atoms with E-state index in [-0.39, 0.29) is 16.3 Å². The number of aryl methyl sites for hydroxylation is 1. The van der Waals surface area contributed by atoms with E-state index in [1.54, 1.807) is 14.0 Å². The Kier molecular flexibility index (Phi) is 4.34. The molecule has 2 rings (SSSR count). The Labute approximate surface area is 116 Å².